The molecule has 0 atom stereocenters. The molecule has 1 aliphatic rings. The van der Waals surface area contributed by atoms with Crippen molar-refractivity contribution >= 4 is 44.4 Å². The number of hydrazine groups is 2. The number of para-hydroxylation sites is 1. The minimum absolute atomic E-state index is 0.686. The zero-order valence-corrected chi connectivity index (χ0v) is 16.8. The Balaban J connectivity index is 1.61. The average molecular weight is 509 g/mol. The van der Waals surface area contributed by atoms with Gasteiger partial charge in [0.05, 0.1) is 24.0 Å². The minimum Gasteiger partial charge on any atom is -0.266 e. The predicted octanol–water partition coefficient (Wildman–Crippen LogP) is 3.43. The molecule has 0 aliphatic carbocycles. The van der Waals surface area contributed by atoms with Gasteiger partial charge in [0.2, 0.25) is 0 Å². The van der Waals surface area contributed by atoms with Crippen LogP contribution in [0.3, 0.4) is 0 Å². The lowest BCUT2D eigenvalue weighted by Crippen LogP contribution is -2.40. The number of aromatic nitrogens is 2. The largest absolute Gasteiger partial charge is 0.266 e. The van der Waals surface area contributed by atoms with E-state index in [0.29, 0.717) is 6.54 Å². The van der Waals surface area contributed by atoms with Crippen LogP contribution >= 0.6 is 38.5 Å². The summed E-state index contributed by atoms with van der Waals surface area (Å²) in [5, 5.41) is 10.9. The number of hydrazone groups is 1. The fourth-order valence-electron chi connectivity index (χ4n) is 2.58. The molecule has 2 aromatic carbocycles. The highest BCUT2D eigenvalue weighted by atomic mass is 127. The molecule has 0 fully saturated rings. The molecule has 0 radical (unpaired) electrons. The van der Waals surface area contributed by atoms with E-state index < -0.39 is 0 Å². The van der Waals surface area contributed by atoms with E-state index in [4.69, 9.17) is 0 Å². The molecule has 2 heterocycles. The predicted molar refractivity (Wildman–Crippen MR) is 109 cm³/mol. The highest BCUT2D eigenvalue weighted by molar-refractivity contribution is 14.1. The maximum atomic E-state index is 4.52. The van der Waals surface area contributed by atoms with Gasteiger partial charge in [-0.25, -0.2) is 10.2 Å². The summed E-state index contributed by atoms with van der Waals surface area (Å²) in [7, 11) is 0. The fraction of sp³-hybridized carbons (Fsp3) is 0.0588. The third-order valence-corrected chi connectivity index (χ3v) is 5.38. The van der Waals surface area contributed by atoms with Crippen LogP contribution in [-0.4, -0.2) is 20.6 Å². The molecule has 0 spiro atoms. The van der Waals surface area contributed by atoms with Gasteiger partial charge in [0.25, 0.3) is 0 Å². The molecule has 1 aliphatic heterocycles. The van der Waals surface area contributed by atoms with E-state index >= 15 is 0 Å². The molecule has 8 heteroatoms. The van der Waals surface area contributed by atoms with Crippen molar-refractivity contribution < 1.29 is 0 Å². The van der Waals surface area contributed by atoms with Gasteiger partial charge < -0.3 is 0 Å². The number of amidine groups is 1. The Labute approximate surface area is 167 Å². The highest BCUT2D eigenvalue weighted by Crippen LogP contribution is 2.20. The summed E-state index contributed by atoms with van der Waals surface area (Å²) < 4.78 is 3.99. The summed E-state index contributed by atoms with van der Waals surface area (Å²) in [6.45, 7) is 0.686. The molecule has 0 amide bonds. The van der Waals surface area contributed by atoms with Crippen LogP contribution in [0.2, 0.25) is 0 Å². The van der Waals surface area contributed by atoms with Crippen molar-refractivity contribution in [2.24, 2.45) is 5.10 Å². The number of nitrogens with zero attached hydrogens (tertiary/aromatic N) is 4. The second kappa shape index (κ2) is 7.14. The van der Waals surface area contributed by atoms with Crippen LogP contribution in [0, 0.1) is 3.70 Å². The number of rotatable bonds is 4. The van der Waals surface area contributed by atoms with Gasteiger partial charge in [-0.1, -0.05) is 46.3 Å². The van der Waals surface area contributed by atoms with Gasteiger partial charge in [-0.3, -0.25) is 5.01 Å². The quantitative estimate of drug-likeness (QED) is 0.530. The van der Waals surface area contributed by atoms with Crippen LogP contribution in [-0.2, 0) is 6.54 Å². The summed E-state index contributed by atoms with van der Waals surface area (Å²) in [5.41, 5.74) is 9.09. The van der Waals surface area contributed by atoms with Crippen molar-refractivity contribution in [2.45, 2.75) is 6.54 Å². The summed E-state index contributed by atoms with van der Waals surface area (Å²) in [4.78, 5) is 0. The van der Waals surface area contributed by atoms with E-state index in [-0.39, 0.29) is 0 Å². The summed E-state index contributed by atoms with van der Waals surface area (Å²) in [6.07, 6.45) is 1.84. The van der Waals surface area contributed by atoms with Gasteiger partial charge in [0.15, 0.2) is 5.84 Å². The summed E-state index contributed by atoms with van der Waals surface area (Å²) in [6, 6.07) is 18.3. The van der Waals surface area contributed by atoms with Crippen molar-refractivity contribution in [1.29, 1.82) is 0 Å². The topological polar surface area (TPSA) is 57.5 Å². The average Bonchev–Trinajstić information content (AvgIpc) is 3.24. The Morgan fingerprint density at radius 1 is 1.04 bits per heavy atom. The third-order valence-electron chi connectivity index (χ3n) is 3.81. The van der Waals surface area contributed by atoms with E-state index in [2.05, 4.69) is 71.9 Å². The number of nitrogens with one attached hydrogen (secondary N) is 2. The fourth-order valence-corrected chi connectivity index (χ4v) is 3.62. The zero-order chi connectivity index (χ0) is 17.2. The Bertz CT molecular complexity index is 907. The monoisotopic (exact) mass is 508 g/mol. The second-order valence-electron chi connectivity index (χ2n) is 5.47. The minimum atomic E-state index is 0.686. The van der Waals surface area contributed by atoms with Crippen LogP contribution in [0.25, 0.3) is 5.69 Å². The number of hydrogen-bond acceptors (Lipinski definition) is 5. The van der Waals surface area contributed by atoms with Crippen LogP contribution in [0.1, 0.15) is 11.1 Å². The van der Waals surface area contributed by atoms with Crippen molar-refractivity contribution in [3.63, 3.8) is 0 Å². The van der Waals surface area contributed by atoms with Gasteiger partial charge in [-0.2, -0.15) is 5.10 Å². The first-order chi connectivity index (χ1) is 12.2. The van der Waals surface area contributed by atoms with Crippen molar-refractivity contribution in [2.75, 3.05) is 0 Å². The smallest absolute Gasteiger partial charge is 0.177 e. The van der Waals surface area contributed by atoms with Gasteiger partial charge in [-0.05, 0) is 52.4 Å². The normalized spacial score (nSPS) is 13.7. The van der Waals surface area contributed by atoms with Crippen molar-refractivity contribution in [1.82, 2.24) is 25.9 Å². The molecular formula is C17H14BrIN6. The highest BCUT2D eigenvalue weighted by Gasteiger charge is 2.24. The summed E-state index contributed by atoms with van der Waals surface area (Å²) >= 11 is 5.77. The lowest BCUT2D eigenvalue weighted by atomic mass is 10.2. The van der Waals surface area contributed by atoms with Crippen LogP contribution < -0.4 is 11.1 Å². The SMILES string of the molecule is Brc1ccc(CN2NNN=C2c2cnn(-c3ccccc3)c2I)cc1. The van der Waals surface area contributed by atoms with Crippen molar-refractivity contribution in [3.05, 3.63) is 80.1 Å². The van der Waals surface area contributed by atoms with E-state index in [1.807, 2.05) is 58.4 Å². The van der Waals surface area contributed by atoms with Crippen LogP contribution in [0.15, 0.2) is 70.4 Å². The first kappa shape index (κ1) is 16.6. The second-order valence-corrected chi connectivity index (χ2v) is 7.41. The number of halogens is 2. The molecule has 25 heavy (non-hydrogen) atoms. The van der Waals surface area contributed by atoms with Crippen LogP contribution in [0.5, 0.6) is 0 Å². The number of hydrogen-bond donors (Lipinski definition) is 2. The van der Waals surface area contributed by atoms with E-state index in [1.165, 1.54) is 5.56 Å². The maximum Gasteiger partial charge on any atom is 0.177 e. The molecule has 0 saturated carbocycles. The van der Waals surface area contributed by atoms with E-state index in [9.17, 15) is 0 Å². The van der Waals surface area contributed by atoms with E-state index in [1.54, 1.807) is 0 Å². The first-order valence-corrected chi connectivity index (χ1v) is 9.49. The zero-order valence-electron chi connectivity index (χ0n) is 13.0. The summed E-state index contributed by atoms with van der Waals surface area (Å²) in [5.74, 6) is 0.814. The van der Waals surface area contributed by atoms with Crippen molar-refractivity contribution in [3.8, 4) is 5.69 Å². The lowest BCUT2D eigenvalue weighted by Gasteiger charge is -2.18. The Morgan fingerprint density at radius 2 is 1.80 bits per heavy atom. The van der Waals surface area contributed by atoms with Gasteiger partial charge in [0.1, 0.15) is 3.70 Å². The lowest BCUT2D eigenvalue weighted by molar-refractivity contribution is 0.288. The van der Waals surface area contributed by atoms with E-state index in [0.717, 1.165) is 25.3 Å². The number of benzene rings is 2. The molecule has 6 nitrogen and oxygen atoms in total. The molecule has 126 valence electrons. The Morgan fingerprint density at radius 3 is 2.56 bits per heavy atom. The van der Waals surface area contributed by atoms with Gasteiger partial charge in [0, 0.05) is 4.47 Å². The molecular weight excluding hydrogens is 495 g/mol. The maximum absolute atomic E-state index is 4.52. The Hall–Kier alpha value is -1.91. The standard InChI is InChI=1S/C17H14BrIN6/c18-13-8-6-12(7-9-13)11-24-17(21-22-23-24)15-10-20-25(16(15)19)14-4-2-1-3-5-14/h1-10,22-23H,11H2. The molecule has 1 aromatic heterocycles. The molecule has 0 bridgehead atoms. The molecule has 0 saturated heterocycles. The third kappa shape index (κ3) is 3.42. The molecule has 4 rings (SSSR count). The molecule has 3 aromatic rings. The molecule has 0 unspecified atom stereocenters. The first-order valence-electron chi connectivity index (χ1n) is 7.62. The Kier molecular flexibility index (Phi) is 4.73. The van der Waals surface area contributed by atoms with Gasteiger partial charge in [-0.15, -0.1) is 10.6 Å². The van der Waals surface area contributed by atoms with Crippen LogP contribution in [0.4, 0.5) is 0 Å². The van der Waals surface area contributed by atoms with Gasteiger partial charge >= 0.3 is 0 Å². The molecule has 2 N–H and O–H groups in total.